The minimum absolute atomic E-state index is 0.270. The Morgan fingerprint density at radius 2 is 2.00 bits per heavy atom. The Balaban J connectivity index is 1.80. The molecule has 2 heterocycles. The van der Waals surface area contributed by atoms with Gasteiger partial charge in [-0.2, -0.15) is 9.97 Å². The van der Waals surface area contributed by atoms with E-state index in [9.17, 15) is 4.79 Å². The molecule has 0 radical (unpaired) electrons. The minimum Gasteiger partial charge on any atom is -0.467 e. The number of aryl methyl sites for hydroxylation is 2. The Morgan fingerprint density at radius 3 is 2.57 bits per heavy atom. The number of hydrogen-bond acceptors (Lipinski definition) is 6. The van der Waals surface area contributed by atoms with Crippen molar-refractivity contribution in [1.82, 2.24) is 15.1 Å². The molecule has 0 aliphatic heterocycles. The summed E-state index contributed by atoms with van der Waals surface area (Å²) in [6.45, 7) is 3.57. The van der Waals surface area contributed by atoms with Crippen LogP contribution in [0.5, 0.6) is 6.01 Å². The van der Waals surface area contributed by atoms with Crippen molar-refractivity contribution in [1.29, 1.82) is 0 Å². The van der Waals surface area contributed by atoms with E-state index >= 15 is 0 Å². The zero-order chi connectivity index (χ0) is 15.0. The van der Waals surface area contributed by atoms with Crippen LogP contribution in [-0.2, 0) is 0 Å². The van der Waals surface area contributed by atoms with Gasteiger partial charge in [0.05, 0.1) is 24.2 Å². The Hall–Kier alpha value is -2.44. The number of rotatable bonds is 4. The van der Waals surface area contributed by atoms with Gasteiger partial charge in [-0.3, -0.25) is 4.79 Å². The zero-order valence-electron chi connectivity index (χ0n) is 12.1. The van der Waals surface area contributed by atoms with Crippen LogP contribution in [0.25, 0.3) is 0 Å². The molecular weight excluding hydrogens is 272 g/mol. The van der Waals surface area contributed by atoms with Crippen LogP contribution in [0.2, 0.25) is 0 Å². The van der Waals surface area contributed by atoms with Gasteiger partial charge < -0.3 is 14.6 Å². The van der Waals surface area contributed by atoms with Crippen molar-refractivity contribution in [2.45, 2.75) is 32.6 Å². The maximum absolute atomic E-state index is 12.2. The number of amides is 1. The molecule has 7 nitrogen and oxygen atoms in total. The summed E-state index contributed by atoms with van der Waals surface area (Å²) in [5.41, 5.74) is 2.11. The molecule has 3 rings (SSSR count). The highest BCUT2D eigenvalue weighted by Gasteiger charge is 2.29. The Labute approximate surface area is 121 Å². The lowest BCUT2D eigenvalue weighted by Crippen LogP contribution is -2.15. The molecule has 0 bridgehead atoms. The van der Waals surface area contributed by atoms with Gasteiger partial charge in [-0.15, -0.1) is 0 Å². The summed E-state index contributed by atoms with van der Waals surface area (Å²) in [5.74, 6) is 0.872. The van der Waals surface area contributed by atoms with E-state index < -0.39 is 0 Å². The summed E-state index contributed by atoms with van der Waals surface area (Å²) in [4.78, 5) is 20.5. The third-order valence-electron chi connectivity index (χ3n) is 3.41. The monoisotopic (exact) mass is 288 g/mol. The molecular formula is C14H16N4O3. The van der Waals surface area contributed by atoms with Crippen molar-refractivity contribution in [3.8, 4) is 6.01 Å². The van der Waals surface area contributed by atoms with Crippen molar-refractivity contribution in [2.24, 2.45) is 0 Å². The number of ether oxygens (including phenoxy) is 1. The Bertz CT molecular complexity index is 668. The summed E-state index contributed by atoms with van der Waals surface area (Å²) in [6, 6.07) is 1.97. The topological polar surface area (TPSA) is 90.1 Å². The van der Waals surface area contributed by atoms with Crippen LogP contribution < -0.4 is 10.1 Å². The molecule has 0 aromatic carbocycles. The molecule has 0 saturated heterocycles. The van der Waals surface area contributed by atoms with Gasteiger partial charge in [0.25, 0.3) is 5.91 Å². The number of carbonyl (C=O) groups excluding carboxylic acids is 1. The van der Waals surface area contributed by atoms with Crippen LogP contribution in [0.4, 0.5) is 5.69 Å². The third-order valence-corrected chi connectivity index (χ3v) is 3.41. The second-order valence-electron chi connectivity index (χ2n) is 5.10. The highest BCUT2D eigenvalue weighted by molar-refractivity contribution is 6.03. The van der Waals surface area contributed by atoms with Crippen LogP contribution in [0.15, 0.2) is 10.6 Å². The Morgan fingerprint density at radius 1 is 1.33 bits per heavy atom. The summed E-state index contributed by atoms with van der Waals surface area (Å²) < 4.78 is 10.2. The fourth-order valence-electron chi connectivity index (χ4n) is 2.09. The van der Waals surface area contributed by atoms with Gasteiger partial charge in [0.15, 0.2) is 5.69 Å². The molecule has 21 heavy (non-hydrogen) atoms. The molecule has 7 heteroatoms. The van der Waals surface area contributed by atoms with Crippen molar-refractivity contribution in [3.05, 3.63) is 28.9 Å². The first-order chi connectivity index (χ1) is 10.1. The van der Waals surface area contributed by atoms with E-state index in [4.69, 9.17) is 9.26 Å². The molecule has 2 aromatic rings. The summed E-state index contributed by atoms with van der Waals surface area (Å²) in [6.07, 6.45) is 2.20. The summed E-state index contributed by atoms with van der Waals surface area (Å²) >= 11 is 0. The van der Waals surface area contributed by atoms with E-state index in [2.05, 4.69) is 20.4 Å². The molecule has 0 unspecified atom stereocenters. The van der Waals surface area contributed by atoms with Gasteiger partial charge in [0, 0.05) is 12.0 Å². The van der Waals surface area contributed by atoms with E-state index in [1.165, 1.54) is 7.11 Å². The predicted molar refractivity (Wildman–Crippen MR) is 74.5 cm³/mol. The van der Waals surface area contributed by atoms with E-state index in [1.54, 1.807) is 19.9 Å². The molecule has 0 atom stereocenters. The smallest absolute Gasteiger partial charge is 0.316 e. The van der Waals surface area contributed by atoms with E-state index in [1.807, 2.05) is 0 Å². The normalized spacial score (nSPS) is 14.0. The highest BCUT2D eigenvalue weighted by Crippen LogP contribution is 2.40. The number of nitrogens with zero attached hydrogens (tertiary/aromatic N) is 3. The highest BCUT2D eigenvalue weighted by atomic mass is 16.5. The van der Waals surface area contributed by atoms with E-state index in [0.29, 0.717) is 23.0 Å². The lowest BCUT2D eigenvalue weighted by Gasteiger charge is -2.10. The maximum Gasteiger partial charge on any atom is 0.316 e. The van der Waals surface area contributed by atoms with Crippen LogP contribution in [0.1, 0.15) is 46.4 Å². The van der Waals surface area contributed by atoms with Crippen molar-refractivity contribution in [3.63, 3.8) is 0 Å². The molecule has 0 spiro atoms. The second-order valence-corrected chi connectivity index (χ2v) is 5.10. The summed E-state index contributed by atoms with van der Waals surface area (Å²) in [7, 11) is 1.50. The van der Waals surface area contributed by atoms with Crippen LogP contribution in [0, 0.1) is 13.8 Å². The molecule has 1 aliphatic rings. The average Bonchev–Trinajstić information content (AvgIpc) is 3.19. The third kappa shape index (κ3) is 2.72. The first kappa shape index (κ1) is 13.5. The number of anilines is 1. The molecule has 1 saturated carbocycles. The van der Waals surface area contributed by atoms with E-state index in [0.717, 1.165) is 18.6 Å². The molecule has 1 aliphatic carbocycles. The van der Waals surface area contributed by atoms with Crippen LogP contribution >= 0.6 is 0 Å². The van der Waals surface area contributed by atoms with Crippen molar-refractivity contribution < 1.29 is 14.1 Å². The fraction of sp³-hybridized carbons (Fsp3) is 0.429. The number of hydrogen-bond donors (Lipinski definition) is 1. The number of nitrogens with one attached hydrogen (secondary N) is 1. The van der Waals surface area contributed by atoms with Gasteiger partial charge in [-0.25, -0.2) is 0 Å². The molecule has 1 amide bonds. The SMILES string of the molecule is COc1nc(C)c(NC(=O)c2cc(C3CC3)on2)c(C)n1. The zero-order valence-corrected chi connectivity index (χ0v) is 12.1. The van der Waals surface area contributed by atoms with Gasteiger partial charge in [0.2, 0.25) is 0 Å². The van der Waals surface area contributed by atoms with Crippen molar-refractivity contribution in [2.75, 3.05) is 12.4 Å². The lowest BCUT2D eigenvalue weighted by atomic mass is 10.2. The quantitative estimate of drug-likeness (QED) is 0.927. The molecule has 2 aromatic heterocycles. The van der Waals surface area contributed by atoms with Gasteiger partial charge in [-0.05, 0) is 26.7 Å². The number of carbonyl (C=O) groups is 1. The second kappa shape index (κ2) is 5.16. The van der Waals surface area contributed by atoms with Crippen molar-refractivity contribution >= 4 is 11.6 Å². The predicted octanol–water partition coefficient (Wildman–Crippen LogP) is 2.22. The minimum atomic E-state index is -0.328. The summed E-state index contributed by atoms with van der Waals surface area (Å²) in [5, 5.41) is 6.59. The standard InChI is InChI=1S/C14H16N4O3/c1-7-12(8(2)16-14(15-7)20-3)17-13(19)10-6-11(21-18-10)9-4-5-9/h6,9H,4-5H2,1-3H3,(H,17,19). The fourth-order valence-corrected chi connectivity index (χ4v) is 2.09. The molecule has 110 valence electrons. The lowest BCUT2D eigenvalue weighted by molar-refractivity contribution is 0.101. The number of aromatic nitrogens is 3. The Kier molecular flexibility index (Phi) is 3.32. The average molecular weight is 288 g/mol. The van der Waals surface area contributed by atoms with Gasteiger partial charge in [-0.1, -0.05) is 5.16 Å². The first-order valence-electron chi connectivity index (χ1n) is 6.75. The molecule has 1 fully saturated rings. The number of methoxy groups -OCH3 is 1. The van der Waals surface area contributed by atoms with Gasteiger partial charge in [0.1, 0.15) is 5.76 Å². The molecule has 1 N–H and O–H groups in total. The first-order valence-corrected chi connectivity index (χ1v) is 6.75. The van der Waals surface area contributed by atoms with Crippen LogP contribution in [-0.4, -0.2) is 28.1 Å². The van der Waals surface area contributed by atoms with Gasteiger partial charge >= 0.3 is 6.01 Å². The largest absolute Gasteiger partial charge is 0.467 e. The van der Waals surface area contributed by atoms with Crippen LogP contribution in [0.3, 0.4) is 0 Å². The maximum atomic E-state index is 12.2. The van der Waals surface area contributed by atoms with E-state index in [-0.39, 0.29) is 17.6 Å².